The number of carboxylic acid groups (broad SMARTS) is 1. The van der Waals surface area contributed by atoms with Crippen LogP contribution in [-0.2, 0) is 16.1 Å². The summed E-state index contributed by atoms with van der Waals surface area (Å²) in [6, 6.07) is 3.78. The molecule has 0 fully saturated rings. The second-order valence-electron chi connectivity index (χ2n) is 4.36. The van der Waals surface area contributed by atoms with E-state index in [1.165, 1.54) is 0 Å². The van der Waals surface area contributed by atoms with E-state index in [2.05, 4.69) is 4.98 Å². The van der Waals surface area contributed by atoms with Crippen molar-refractivity contribution < 1.29 is 14.7 Å². The Morgan fingerprint density at radius 1 is 1.21 bits per heavy atom. The number of carbonyl (C=O) groups is 2. The highest BCUT2D eigenvalue weighted by Crippen LogP contribution is 2.08. The smallest absolute Gasteiger partial charge is 0.303 e. The largest absolute Gasteiger partial charge is 0.481 e. The molecule has 104 valence electrons. The van der Waals surface area contributed by atoms with Gasteiger partial charge in [-0.15, -0.1) is 0 Å². The summed E-state index contributed by atoms with van der Waals surface area (Å²) in [5.74, 6) is -0.735. The minimum Gasteiger partial charge on any atom is -0.481 e. The van der Waals surface area contributed by atoms with Gasteiger partial charge in [-0.2, -0.15) is 0 Å². The van der Waals surface area contributed by atoms with Gasteiger partial charge in [0, 0.05) is 38.3 Å². The second-order valence-corrected chi connectivity index (χ2v) is 4.36. The van der Waals surface area contributed by atoms with E-state index in [1.807, 2.05) is 19.1 Å². The van der Waals surface area contributed by atoms with E-state index in [0.29, 0.717) is 32.4 Å². The normalized spacial score (nSPS) is 10.2. The second kappa shape index (κ2) is 8.24. The maximum absolute atomic E-state index is 12.0. The maximum Gasteiger partial charge on any atom is 0.303 e. The molecular formula is C14H20N2O3. The fraction of sp³-hybridized carbons (Fsp3) is 0.500. The molecule has 0 aliphatic carbocycles. The average molecular weight is 264 g/mol. The topological polar surface area (TPSA) is 70.5 Å². The van der Waals surface area contributed by atoms with E-state index in [9.17, 15) is 9.59 Å². The van der Waals surface area contributed by atoms with Crippen molar-refractivity contribution in [2.45, 2.75) is 39.2 Å². The van der Waals surface area contributed by atoms with Gasteiger partial charge in [-0.25, -0.2) is 0 Å². The number of unbranched alkanes of at least 4 members (excludes halogenated alkanes) is 1. The predicted molar refractivity (Wildman–Crippen MR) is 71.4 cm³/mol. The molecule has 0 saturated heterocycles. The van der Waals surface area contributed by atoms with Gasteiger partial charge in [0.1, 0.15) is 0 Å². The van der Waals surface area contributed by atoms with E-state index >= 15 is 0 Å². The van der Waals surface area contributed by atoms with Crippen molar-refractivity contribution in [2.24, 2.45) is 0 Å². The maximum atomic E-state index is 12.0. The molecular weight excluding hydrogens is 244 g/mol. The Hall–Kier alpha value is -1.91. The number of rotatable bonds is 8. The highest BCUT2D eigenvalue weighted by Gasteiger charge is 2.11. The zero-order valence-corrected chi connectivity index (χ0v) is 11.2. The van der Waals surface area contributed by atoms with Crippen LogP contribution in [0.2, 0.25) is 0 Å². The van der Waals surface area contributed by atoms with Crippen molar-refractivity contribution in [3.05, 3.63) is 30.1 Å². The lowest BCUT2D eigenvalue weighted by Crippen LogP contribution is -2.30. The number of carbonyl (C=O) groups excluding carboxylic acids is 1. The molecule has 1 N–H and O–H groups in total. The van der Waals surface area contributed by atoms with Crippen LogP contribution < -0.4 is 0 Å². The lowest BCUT2D eigenvalue weighted by atomic mass is 10.1. The number of amides is 1. The van der Waals surface area contributed by atoms with Gasteiger partial charge in [0.15, 0.2) is 0 Å². The van der Waals surface area contributed by atoms with E-state index in [4.69, 9.17) is 5.11 Å². The highest BCUT2D eigenvalue weighted by atomic mass is 16.4. The highest BCUT2D eigenvalue weighted by molar-refractivity contribution is 5.76. The molecule has 0 saturated carbocycles. The molecule has 5 nitrogen and oxygen atoms in total. The van der Waals surface area contributed by atoms with Crippen molar-refractivity contribution >= 4 is 11.9 Å². The molecule has 0 aromatic carbocycles. The molecule has 0 radical (unpaired) electrons. The number of nitrogens with zero attached hydrogens (tertiary/aromatic N) is 2. The summed E-state index contributed by atoms with van der Waals surface area (Å²) in [7, 11) is 0. The number of carboxylic acids is 1. The van der Waals surface area contributed by atoms with Gasteiger partial charge >= 0.3 is 5.97 Å². The lowest BCUT2D eigenvalue weighted by Gasteiger charge is -2.20. The third-order valence-corrected chi connectivity index (χ3v) is 2.89. The fourth-order valence-electron chi connectivity index (χ4n) is 1.80. The van der Waals surface area contributed by atoms with Crippen molar-refractivity contribution in [1.82, 2.24) is 9.88 Å². The standard InChI is InChI=1S/C14H20N2O3/c1-2-16(11-12-7-9-15-10-8-12)13(17)5-3-4-6-14(18)19/h7-10H,2-6,11H2,1H3,(H,18,19). The summed E-state index contributed by atoms with van der Waals surface area (Å²) in [6.45, 7) is 3.17. The van der Waals surface area contributed by atoms with Gasteiger partial charge in [0.25, 0.3) is 0 Å². The molecule has 0 bridgehead atoms. The monoisotopic (exact) mass is 264 g/mol. The van der Waals surface area contributed by atoms with Gasteiger partial charge in [-0.05, 0) is 37.5 Å². The minimum absolute atomic E-state index is 0.0738. The fourth-order valence-corrected chi connectivity index (χ4v) is 1.80. The van der Waals surface area contributed by atoms with Crippen LogP contribution in [0.25, 0.3) is 0 Å². The summed E-state index contributed by atoms with van der Waals surface area (Å²) < 4.78 is 0. The van der Waals surface area contributed by atoms with Crippen LogP contribution in [0, 0.1) is 0 Å². The molecule has 1 heterocycles. The molecule has 0 aliphatic rings. The summed E-state index contributed by atoms with van der Waals surface area (Å²) in [5, 5.41) is 8.53. The SMILES string of the molecule is CCN(Cc1ccncc1)C(=O)CCCCC(=O)O. The van der Waals surface area contributed by atoms with E-state index in [1.54, 1.807) is 17.3 Å². The van der Waals surface area contributed by atoms with Gasteiger partial charge in [-0.3, -0.25) is 14.6 Å². The molecule has 19 heavy (non-hydrogen) atoms. The Morgan fingerprint density at radius 3 is 2.42 bits per heavy atom. The minimum atomic E-state index is -0.809. The molecule has 0 aliphatic heterocycles. The molecule has 0 unspecified atom stereocenters. The van der Waals surface area contributed by atoms with Crippen molar-refractivity contribution in [3.63, 3.8) is 0 Å². The number of aromatic nitrogens is 1. The summed E-state index contributed by atoms with van der Waals surface area (Å²) in [5.41, 5.74) is 1.05. The van der Waals surface area contributed by atoms with Crippen LogP contribution in [0.4, 0.5) is 0 Å². The Labute approximate surface area is 113 Å². The summed E-state index contributed by atoms with van der Waals surface area (Å²) in [4.78, 5) is 28.1. The van der Waals surface area contributed by atoms with Crippen LogP contribution in [0.1, 0.15) is 38.2 Å². The van der Waals surface area contributed by atoms with Crippen LogP contribution in [0.5, 0.6) is 0 Å². The zero-order valence-electron chi connectivity index (χ0n) is 11.2. The Balaban J connectivity index is 2.37. The van der Waals surface area contributed by atoms with Crippen molar-refractivity contribution in [2.75, 3.05) is 6.54 Å². The van der Waals surface area contributed by atoms with E-state index < -0.39 is 5.97 Å². The van der Waals surface area contributed by atoms with Crippen molar-refractivity contribution in [1.29, 1.82) is 0 Å². The third kappa shape index (κ3) is 5.99. The number of aliphatic carboxylic acids is 1. The first-order chi connectivity index (χ1) is 9.13. The summed E-state index contributed by atoms with van der Waals surface area (Å²) in [6.07, 6.45) is 5.13. The quantitative estimate of drug-likeness (QED) is 0.730. The first kappa shape index (κ1) is 15.1. The van der Waals surface area contributed by atoms with Crippen LogP contribution >= 0.6 is 0 Å². The number of pyridine rings is 1. The van der Waals surface area contributed by atoms with Crippen LogP contribution in [0.15, 0.2) is 24.5 Å². The van der Waals surface area contributed by atoms with E-state index in [-0.39, 0.29) is 12.3 Å². The van der Waals surface area contributed by atoms with Crippen molar-refractivity contribution in [3.8, 4) is 0 Å². The van der Waals surface area contributed by atoms with Gasteiger partial charge in [0.2, 0.25) is 5.91 Å². The molecule has 1 aromatic rings. The molecule has 1 rings (SSSR count). The third-order valence-electron chi connectivity index (χ3n) is 2.89. The average Bonchev–Trinajstić information content (AvgIpc) is 2.41. The molecule has 5 heteroatoms. The first-order valence-electron chi connectivity index (χ1n) is 6.52. The molecule has 1 amide bonds. The zero-order chi connectivity index (χ0) is 14.1. The van der Waals surface area contributed by atoms with Gasteiger partial charge in [0.05, 0.1) is 0 Å². The molecule has 0 atom stereocenters. The van der Waals surface area contributed by atoms with Gasteiger partial charge in [-0.1, -0.05) is 0 Å². The first-order valence-corrected chi connectivity index (χ1v) is 6.52. The number of hydrogen-bond acceptors (Lipinski definition) is 3. The Kier molecular flexibility index (Phi) is 6.57. The molecule has 1 aromatic heterocycles. The summed E-state index contributed by atoms with van der Waals surface area (Å²) >= 11 is 0. The Morgan fingerprint density at radius 2 is 1.84 bits per heavy atom. The van der Waals surface area contributed by atoms with Gasteiger partial charge < -0.3 is 10.0 Å². The van der Waals surface area contributed by atoms with Crippen LogP contribution in [-0.4, -0.2) is 33.4 Å². The Bertz CT molecular complexity index is 406. The number of hydrogen-bond donors (Lipinski definition) is 1. The predicted octanol–water partition coefficient (Wildman–Crippen LogP) is 2.08. The molecule has 0 spiro atoms. The lowest BCUT2D eigenvalue weighted by molar-refractivity contribution is -0.137. The van der Waals surface area contributed by atoms with Crippen LogP contribution in [0.3, 0.4) is 0 Å². The van der Waals surface area contributed by atoms with E-state index in [0.717, 1.165) is 5.56 Å².